The first-order chi connectivity index (χ1) is 16.8. The number of nitro groups is 1. The van der Waals surface area contributed by atoms with Crippen LogP contribution in [0.1, 0.15) is 18.5 Å². The summed E-state index contributed by atoms with van der Waals surface area (Å²) in [6.45, 7) is 3.63. The van der Waals surface area contributed by atoms with Gasteiger partial charge in [0.25, 0.3) is 5.69 Å². The van der Waals surface area contributed by atoms with Crippen LogP contribution in [0.15, 0.2) is 82.6 Å². The average Bonchev–Trinajstić information content (AvgIpc) is 2.89. The number of thioether (sulfide) groups is 1. The molecule has 1 aliphatic heterocycles. The molecule has 1 heterocycles. The lowest BCUT2D eigenvalue weighted by Gasteiger charge is -2.35. The van der Waals surface area contributed by atoms with E-state index in [2.05, 4.69) is 10.2 Å². The van der Waals surface area contributed by atoms with Gasteiger partial charge in [-0.2, -0.15) is 4.31 Å². The van der Waals surface area contributed by atoms with E-state index in [1.165, 1.54) is 10.4 Å². The number of nitrogens with zero attached hydrogens (tertiary/aromatic N) is 3. The van der Waals surface area contributed by atoms with Crippen LogP contribution in [0.25, 0.3) is 0 Å². The molecule has 0 amide bonds. The van der Waals surface area contributed by atoms with Gasteiger partial charge in [0.15, 0.2) is 0 Å². The molecule has 0 radical (unpaired) electrons. The highest BCUT2D eigenvalue weighted by molar-refractivity contribution is 7.98. The van der Waals surface area contributed by atoms with Crippen molar-refractivity contribution >= 4 is 38.8 Å². The van der Waals surface area contributed by atoms with Gasteiger partial charge in [0.1, 0.15) is 5.69 Å². The summed E-state index contributed by atoms with van der Waals surface area (Å²) >= 11 is 1.57. The Morgan fingerprint density at radius 2 is 1.63 bits per heavy atom. The van der Waals surface area contributed by atoms with E-state index in [0.29, 0.717) is 36.8 Å². The summed E-state index contributed by atoms with van der Waals surface area (Å²) in [5.41, 5.74) is 2.29. The molecule has 8 nitrogen and oxygen atoms in total. The summed E-state index contributed by atoms with van der Waals surface area (Å²) in [6, 6.07) is 21.6. The van der Waals surface area contributed by atoms with Crippen molar-refractivity contribution < 1.29 is 13.3 Å². The van der Waals surface area contributed by atoms with Gasteiger partial charge in [0.05, 0.1) is 9.82 Å². The Hall–Kier alpha value is -3.08. The number of piperazine rings is 1. The molecule has 184 valence electrons. The van der Waals surface area contributed by atoms with E-state index in [-0.39, 0.29) is 11.7 Å². The summed E-state index contributed by atoms with van der Waals surface area (Å²) in [5.74, 6) is 0. The predicted octanol–water partition coefficient (Wildman–Crippen LogP) is 5.00. The topological polar surface area (TPSA) is 95.8 Å². The molecule has 3 aromatic carbocycles. The molecule has 1 fully saturated rings. The largest absolute Gasteiger partial charge is 0.373 e. The molecule has 1 aliphatic rings. The lowest BCUT2D eigenvalue weighted by Crippen LogP contribution is -2.48. The van der Waals surface area contributed by atoms with E-state index in [1.807, 2.05) is 55.6 Å². The van der Waals surface area contributed by atoms with Crippen LogP contribution in [0.3, 0.4) is 0 Å². The quantitative estimate of drug-likeness (QED) is 0.258. The maximum Gasteiger partial charge on any atom is 0.292 e. The number of nitro benzene ring substituents is 1. The smallest absolute Gasteiger partial charge is 0.292 e. The third-order valence-electron chi connectivity index (χ3n) is 6.15. The van der Waals surface area contributed by atoms with E-state index < -0.39 is 14.9 Å². The molecular formula is C25H28N4O4S2. The minimum Gasteiger partial charge on any atom is -0.373 e. The van der Waals surface area contributed by atoms with E-state index >= 15 is 0 Å². The summed E-state index contributed by atoms with van der Waals surface area (Å²) in [5, 5.41) is 14.9. The summed E-state index contributed by atoms with van der Waals surface area (Å²) < 4.78 is 27.7. The molecule has 1 atom stereocenters. The lowest BCUT2D eigenvalue weighted by atomic mass is 10.1. The number of nitrogens with one attached hydrogen (secondary N) is 1. The minimum absolute atomic E-state index is 0.00596. The van der Waals surface area contributed by atoms with Crippen molar-refractivity contribution in [2.45, 2.75) is 22.8 Å². The lowest BCUT2D eigenvalue weighted by molar-refractivity contribution is -0.384. The zero-order valence-corrected chi connectivity index (χ0v) is 21.3. The summed E-state index contributed by atoms with van der Waals surface area (Å²) in [7, 11) is -3.57. The molecule has 35 heavy (non-hydrogen) atoms. The Kier molecular flexibility index (Phi) is 7.63. The fourth-order valence-corrected chi connectivity index (χ4v) is 5.97. The Morgan fingerprint density at radius 3 is 2.23 bits per heavy atom. The van der Waals surface area contributed by atoms with Crippen molar-refractivity contribution in [1.29, 1.82) is 0 Å². The molecule has 1 saturated heterocycles. The fraction of sp³-hybridized carbons (Fsp3) is 0.280. The molecular weight excluding hydrogens is 484 g/mol. The van der Waals surface area contributed by atoms with Crippen molar-refractivity contribution in [3.63, 3.8) is 0 Å². The number of sulfonamides is 1. The van der Waals surface area contributed by atoms with Crippen LogP contribution in [0, 0.1) is 10.1 Å². The van der Waals surface area contributed by atoms with Gasteiger partial charge >= 0.3 is 0 Å². The molecule has 0 spiro atoms. The van der Waals surface area contributed by atoms with Gasteiger partial charge in [-0.15, -0.1) is 11.8 Å². The third-order valence-corrected chi connectivity index (χ3v) is 8.81. The SMILES string of the molecule is CSc1ccc(S(=O)(=O)N2CCN(c3ccc([N+](=O)[O-])c(NC(C)c4ccccc4)c3)CC2)cc1. The molecule has 0 bridgehead atoms. The maximum absolute atomic E-state index is 13.1. The maximum atomic E-state index is 13.1. The summed E-state index contributed by atoms with van der Waals surface area (Å²) in [6.07, 6.45) is 1.95. The van der Waals surface area contributed by atoms with Crippen molar-refractivity contribution in [3.05, 3.63) is 88.5 Å². The van der Waals surface area contributed by atoms with Crippen LogP contribution in [0.2, 0.25) is 0 Å². The second-order valence-corrected chi connectivity index (χ2v) is 11.1. The highest BCUT2D eigenvalue weighted by atomic mass is 32.2. The highest BCUT2D eigenvalue weighted by Gasteiger charge is 2.29. The number of anilines is 2. The molecule has 1 unspecified atom stereocenters. The number of benzene rings is 3. The van der Waals surface area contributed by atoms with Gasteiger partial charge in [-0.1, -0.05) is 30.3 Å². The van der Waals surface area contributed by atoms with Crippen LogP contribution < -0.4 is 10.2 Å². The standard InChI is InChI=1S/C25H28N4O4S2/c1-19(20-6-4-3-5-7-20)26-24-18-21(8-13-25(24)29(30)31)27-14-16-28(17-15-27)35(32,33)23-11-9-22(34-2)10-12-23/h3-13,18-19,26H,14-17H2,1-2H3. The van der Waals surface area contributed by atoms with Gasteiger partial charge in [-0.3, -0.25) is 10.1 Å². The van der Waals surface area contributed by atoms with Gasteiger partial charge in [-0.05, 0) is 55.1 Å². The average molecular weight is 513 g/mol. The monoisotopic (exact) mass is 512 g/mol. The molecule has 0 aromatic heterocycles. The molecule has 10 heteroatoms. The van der Waals surface area contributed by atoms with E-state index in [1.54, 1.807) is 36.0 Å². The molecule has 0 saturated carbocycles. The molecule has 3 aromatic rings. The Labute approximate surface area is 210 Å². The van der Waals surface area contributed by atoms with Crippen LogP contribution in [-0.4, -0.2) is 50.1 Å². The van der Waals surface area contributed by atoms with Crippen molar-refractivity contribution in [2.24, 2.45) is 0 Å². The van der Waals surface area contributed by atoms with Crippen LogP contribution in [0.4, 0.5) is 17.1 Å². The molecule has 0 aliphatic carbocycles. The van der Waals surface area contributed by atoms with Crippen molar-refractivity contribution in [1.82, 2.24) is 4.31 Å². The minimum atomic E-state index is -3.57. The van der Waals surface area contributed by atoms with Gasteiger partial charge in [0.2, 0.25) is 10.0 Å². The molecule has 4 rings (SSSR count). The Balaban J connectivity index is 1.49. The predicted molar refractivity (Wildman–Crippen MR) is 141 cm³/mol. The van der Waals surface area contributed by atoms with Gasteiger partial charge in [-0.25, -0.2) is 8.42 Å². The third kappa shape index (κ3) is 5.61. The zero-order chi connectivity index (χ0) is 25.0. The van der Waals surface area contributed by atoms with Gasteiger partial charge < -0.3 is 10.2 Å². The van der Waals surface area contributed by atoms with Gasteiger partial charge in [0, 0.05) is 48.9 Å². The second kappa shape index (κ2) is 10.7. The number of rotatable bonds is 8. The second-order valence-electron chi connectivity index (χ2n) is 8.30. The van der Waals surface area contributed by atoms with Crippen molar-refractivity contribution in [2.75, 3.05) is 42.7 Å². The molecule has 1 N–H and O–H groups in total. The number of hydrogen-bond donors (Lipinski definition) is 1. The first-order valence-electron chi connectivity index (χ1n) is 11.3. The Morgan fingerprint density at radius 1 is 0.971 bits per heavy atom. The first-order valence-corrected chi connectivity index (χ1v) is 13.9. The van der Waals surface area contributed by atoms with Crippen LogP contribution in [0.5, 0.6) is 0 Å². The van der Waals surface area contributed by atoms with E-state index in [0.717, 1.165) is 16.1 Å². The van der Waals surface area contributed by atoms with Crippen LogP contribution >= 0.6 is 11.8 Å². The van der Waals surface area contributed by atoms with E-state index in [4.69, 9.17) is 0 Å². The fourth-order valence-electron chi connectivity index (χ4n) is 4.14. The van der Waals surface area contributed by atoms with Crippen LogP contribution in [-0.2, 0) is 10.0 Å². The zero-order valence-electron chi connectivity index (χ0n) is 19.6. The normalized spacial score (nSPS) is 15.5. The van der Waals surface area contributed by atoms with Crippen molar-refractivity contribution in [3.8, 4) is 0 Å². The number of hydrogen-bond acceptors (Lipinski definition) is 7. The summed E-state index contributed by atoms with van der Waals surface area (Å²) in [4.78, 5) is 14.6. The first kappa shape index (κ1) is 25.0. The highest BCUT2D eigenvalue weighted by Crippen LogP contribution is 2.33. The van der Waals surface area contributed by atoms with E-state index in [9.17, 15) is 18.5 Å². The Bertz CT molecular complexity index is 1280.